The van der Waals surface area contributed by atoms with Gasteiger partial charge in [-0.15, -0.1) is 11.3 Å². The van der Waals surface area contributed by atoms with Gasteiger partial charge in [-0.3, -0.25) is 9.69 Å². The predicted octanol–water partition coefficient (Wildman–Crippen LogP) is 3.61. The van der Waals surface area contributed by atoms with Crippen molar-refractivity contribution in [1.29, 1.82) is 0 Å². The lowest BCUT2D eigenvalue weighted by molar-refractivity contribution is -0.127. The van der Waals surface area contributed by atoms with Crippen molar-refractivity contribution in [2.24, 2.45) is 11.8 Å². The summed E-state index contributed by atoms with van der Waals surface area (Å²) in [6.07, 6.45) is 5.75. The van der Waals surface area contributed by atoms with Gasteiger partial charge in [0.25, 0.3) is 0 Å². The van der Waals surface area contributed by atoms with Crippen LogP contribution in [0, 0.1) is 18.8 Å². The van der Waals surface area contributed by atoms with Crippen LogP contribution in [0.5, 0.6) is 0 Å². The van der Waals surface area contributed by atoms with Crippen molar-refractivity contribution in [1.82, 2.24) is 20.2 Å². The number of carbonyl (C=O) groups excluding carboxylic acids is 1. The van der Waals surface area contributed by atoms with E-state index in [1.165, 1.54) is 23.4 Å². The molecule has 0 aromatic carbocycles. The number of nitrogens with one attached hydrogen (secondary N) is 1. The monoisotopic (exact) mass is 396 g/mol. The molecule has 6 rings (SSSR count). The Morgan fingerprint density at radius 3 is 2.89 bits per heavy atom. The third-order valence-corrected chi connectivity index (χ3v) is 7.77. The summed E-state index contributed by atoms with van der Waals surface area (Å²) in [5, 5.41) is 5.33. The molecule has 2 aromatic rings. The van der Waals surface area contributed by atoms with Gasteiger partial charge in [-0.2, -0.15) is 0 Å². The van der Waals surface area contributed by atoms with Gasteiger partial charge in [-0.1, -0.05) is 12.5 Å². The highest BCUT2D eigenvalue weighted by molar-refractivity contribution is 7.13. The van der Waals surface area contributed by atoms with Gasteiger partial charge >= 0.3 is 0 Å². The van der Waals surface area contributed by atoms with Crippen molar-refractivity contribution in [3.63, 3.8) is 0 Å². The van der Waals surface area contributed by atoms with E-state index in [2.05, 4.69) is 38.8 Å². The smallest absolute Gasteiger partial charge is 0.223 e. The first-order valence-corrected chi connectivity index (χ1v) is 11.5. The van der Waals surface area contributed by atoms with Crippen LogP contribution in [-0.4, -0.2) is 46.5 Å². The Morgan fingerprint density at radius 2 is 2.21 bits per heavy atom. The minimum atomic E-state index is 0.275. The number of hydrogen-bond acceptors (Lipinski definition) is 5. The van der Waals surface area contributed by atoms with E-state index in [4.69, 9.17) is 4.98 Å². The second-order valence-corrected chi connectivity index (χ2v) is 9.56. The van der Waals surface area contributed by atoms with E-state index in [1.54, 1.807) is 11.3 Å². The quantitative estimate of drug-likeness (QED) is 0.839. The summed E-state index contributed by atoms with van der Waals surface area (Å²) >= 11 is 1.73. The minimum Gasteiger partial charge on any atom is -0.354 e. The second-order valence-electron chi connectivity index (χ2n) is 8.62. The average Bonchev–Trinajstić information content (AvgIpc) is 3.20. The Kier molecular flexibility index (Phi) is 4.93. The predicted molar refractivity (Wildman–Crippen MR) is 111 cm³/mol. The number of rotatable bonds is 5. The molecule has 2 bridgehead atoms. The molecular formula is C22H28N4OS. The summed E-state index contributed by atoms with van der Waals surface area (Å²) in [7, 11) is 0. The molecular weight excluding hydrogens is 368 g/mol. The number of hydrogen-bond donors (Lipinski definition) is 1. The SMILES string of the molecule is Cc1nc(-c2cccs2)cc(C2CN3CCC2CC3CNC(=O)C2CCC2)n1. The Bertz CT molecular complexity index is 848. The van der Waals surface area contributed by atoms with Crippen LogP contribution in [0.3, 0.4) is 0 Å². The molecule has 3 aliphatic heterocycles. The van der Waals surface area contributed by atoms with E-state index in [1.807, 2.05) is 6.92 Å². The molecule has 148 valence electrons. The Balaban J connectivity index is 1.28. The topological polar surface area (TPSA) is 58.1 Å². The van der Waals surface area contributed by atoms with E-state index in [-0.39, 0.29) is 11.8 Å². The Hall–Kier alpha value is -1.79. The maximum absolute atomic E-state index is 12.2. The van der Waals surface area contributed by atoms with Gasteiger partial charge in [0.1, 0.15) is 5.82 Å². The Morgan fingerprint density at radius 1 is 1.32 bits per heavy atom. The van der Waals surface area contributed by atoms with Crippen molar-refractivity contribution in [2.75, 3.05) is 19.6 Å². The standard InChI is InChI=1S/C22H28N4OS/c1-14-24-19(11-20(25-14)21-6-3-9-28-21)18-13-26-8-7-16(18)10-17(26)12-23-22(27)15-4-2-5-15/h3,6,9,11,15-18H,2,4-5,7-8,10,12-13H2,1H3,(H,23,27). The number of fused-ring (bicyclic) bond motifs is 3. The lowest BCUT2D eigenvalue weighted by atomic mass is 9.74. The second kappa shape index (κ2) is 7.56. The van der Waals surface area contributed by atoms with Crippen molar-refractivity contribution in [3.05, 3.63) is 35.1 Å². The first-order chi connectivity index (χ1) is 13.7. The van der Waals surface area contributed by atoms with E-state index in [0.29, 0.717) is 17.9 Å². The summed E-state index contributed by atoms with van der Waals surface area (Å²) in [6.45, 7) is 5.00. The lowest BCUT2D eigenvalue weighted by Crippen LogP contribution is -2.56. The van der Waals surface area contributed by atoms with Crippen LogP contribution in [0.1, 0.15) is 49.5 Å². The van der Waals surface area contributed by atoms with Crippen LogP contribution in [-0.2, 0) is 4.79 Å². The Labute approximate surface area is 170 Å². The maximum Gasteiger partial charge on any atom is 0.223 e. The first-order valence-electron chi connectivity index (χ1n) is 10.6. The van der Waals surface area contributed by atoms with Gasteiger partial charge < -0.3 is 5.32 Å². The van der Waals surface area contributed by atoms with Gasteiger partial charge in [0.05, 0.1) is 10.6 Å². The summed E-state index contributed by atoms with van der Waals surface area (Å²) in [6, 6.07) is 6.90. The van der Waals surface area contributed by atoms with E-state index in [9.17, 15) is 4.79 Å². The lowest BCUT2D eigenvalue weighted by Gasteiger charge is -2.50. The van der Waals surface area contributed by atoms with E-state index in [0.717, 1.165) is 50.4 Å². The fourth-order valence-corrected chi connectivity index (χ4v) is 5.74. The summed E-state index contributed by atoms with van der Waals surface area (Å²) in [5.41, 5.74) is 2.25. The van der Waals surface area contributed by atoms with Crippen LogP contribution in [0.15, 0.2) is 23.6 Å². The zero-order valence-electron chi connectivity index (χ0n) is 16.4. The normalized spacial score (nSPS) is 29.5. The highest BCUT2D eigenvalue weighted by Gasteiger charge is 2.41. The fourth-order valence-electron chi connectivity index (χ4n) is 5.05. The molecule has 1 N–H and O–H groups in total. The number of piperidine rings is 3. The highest BCUT2D eigenvalue weighted by Crippen LogP contribution is 2.42. The van der Waals surface area contributed by atoms with Crippen molar-refractivity contribution >= 4 is 17.2 Å². The van der Waals surface area contributed by atoms with Crippen LogP contribution in [0.4, 0.5) is 0 Å². The molecule has 4 aliphatic rings. The van der Waals surface area contributed by atoms with E-state index < -0.39 is 0 Å². The molecule has 2 aromatic heterocycles. The van der Waals surface area contributed by atoms with Gasteiger partial charge in [-0.05, 0) is 62.6 Å². The third kappa shape index (κ3) is 3.48. The van der Waals surface area contributed by atoms with Crippen LogP contribution in [0.25, 0.3) is 10.6 Å². The van der Waals surface area contributed by atoms with Crippen molar-refractivity contribution in [2.45, 2.75) is 51.0 Å². The molecule has 5 heterocycles. The molecule has 28 heavy (non-hydrogen) atoms. The molecule has 0 spiro atoms. The van der Waals surface area contributed by atoms with Crippen LogP contribution >= 0.6 is 11.3 Å². The van der Waals surface area contributed by atoms with E-state index >= 15 is 0 Å². The van der Waals surface area contributed by atoms with Crippen molar-refractivity contribution < 1.29 is 4.79 Å². The fraction of sp³-hybridized carbons (Fsp3) is 0.591. The number of aromatic nitrogens is 2. The maximum atomic E-state index is 12.2. The average molecular weight is 397 g/mol. The number of aryl methyl sites for hydroxylation is 1. The summed E-state index contributed by atoms with van der Waals surface area (Å²) < 4.78 is 0. The van der Waals surface area contributed by atoms with Gasteiger partial charge in [-0.25, -0.2) is 9.97 Å². The molecule has 6 heteroatoms. The summed E-state index contributed by atoms with van der Waals surface area (Å²) in [5.74, 6) is 2.55. The molecule has 5 nitrogen and oxygen atoms in total. The highest BCUT2D eigenvalue weighted by atomic mass is 32.1. The molecule has 0 radical (unpaired) electrons. The van der Waals surface area contributed by atoms with Crippen molar-refractivity contribution in [3.8, 4) is 10.6 Å². The molecule has 4 fully saturated rings. The zero-order valence-corrected chi connectivity index (χ0v) is 17.3. The molecule has 4 atom stereocenters. The molecule has 1 saturated carbocycles. The largest absolute Gasteiger partial charge is 0.354 e. The minimum absolute atomic E-state index is 0.275. The molecule has 1 aliphatic carbocycles. The molecule has 4 unspecified atom stereocenters. The van der Waals surface area contributed by atoms with Gasteiger partial charge in [0.2, 0.25) is 5.91 Å². The zero-order chi connectivity index (χ0) is 19.1. The number of amides is 1. The van der Waals surface area contributed by atoms with Crippen LogP contribution < -0.4 is 5.32 Å². The number of carbonyl (C=O) groups is 1. The number of thiophene rings is 1. The van der Waals surface area contributed by atoms with Crippen LogP contribution in [0.2, 0.25) is 0 Å². The van der Waals surface area contributed by atoms with Gasteiger partial charge in [0, 0.05) is 36.7 Å². The summed E-state index contributed by atoms with van der Waals surface area (Å²) in [4.78, 5) is 25.5. The third-order valence-electron chi connectivity index (χ3n) is 6.88. The molecule has 3 saturated heterocycles. The van der Waals surface area contributed by atoms with Gasteiger partial charge in [0.15, 0.2) is 0 Å². The molecule has 1 amide bonds. The first kappa shape index (κ1) is 18.3. The number of nitrogens with zero attached hydrogens (tertiary/aromatic N) is 3.